The molecule has 1 rings (SSSR count). The molecular formula is C16H28IN3O2S. The number of carbonyl (C=O) groups is 1. The Balaban J connectivity index is 0.00000484. The van der Waals surface area contributed by atoms with E-state index in [0.717, 1.165) is 25.5 Å². The van der Waals surface area contributed by atoms with Gasteiger partial charge in [0, 0.05) is 32.0 Å². The van der Waals surface area contributed by atoms with Crippen molar-refractivity contribution in [3.8, 4) is 0 Å². The molecule has 1 unspecified atom stereocenters. The van der Waals surface area contributed by atoms with Crippen molar-refractivity contribution in [1.82, 2.24) is 10.6 Å². The lowest BCUT2D eigenvalue weighted by molar-refractivity contribution is -0.143. The van der Waals surface area contributed by atoms with Gasteiger partial charge in [-0.2, -0.15) is 11.3 Å². The summed E-state index contributed by atoms with van der Waals surface area (Å²) >= 11 is 1.71. The van der Waals surface area contributed by atoms with Crippen molar-refractivity contribution in [1.29, 1.82) is 0 Å². The third kappa shape index (κ3) is 9.80. The predicted octanol–water partition coefficient (Wildman–Crippen LogP) is 3.37. The lowest BCUT2D eigenvalue weighted by atomic mass is 10.1. The van der Waals surface area contributed by atoms with E-state index in [4.69, 9.17) is 4.74 Å². The summed E-state index contributed by atoms with van der Waals surface area (Å²) in [7, 11) is 0. The molecule has 1 atom stereocenters. The number of rotatable bonds is 9. The third-order valence-electron chi connectivity index (χ3n) is 3.14. The van der Waals surface area contributed by atoms with Gasteiger partial charge in [-0.1, -0.05) is 6.92 Å². The normalized spacial score (nSPS) is 12.2. The average Bonchev–Trinajstić information content (AvgIpc) is 3.03. The van der Waals surface area contributed by atoms with Gasteiger partial charge in [-0.25, -0.2) is 0 Å². The number of carbonyl (C=O) groups excluding carboxylic acids is 1. The maximum Gasteiger partial charge on any atom is 0.305 e. The van der Waals surface area contributed by atoms with Gasteiger partial charge >= 0.3 is 5.97 Å². The molecule has 1 aromatic heterocycles. The Hall–Kier alpha value is -0.830. The van der Waals surface area contributed by atoms with E-state index in [1.807, 2.05) is 13.8 Å². The Morgan fingerprint density at radius 2 is 2.17 bits per heavy atom. The fourth-order valence-corrected chi connectivity index (χ4v) is 2.69. The van der Waals surface area contributed by atoms with Crippen LogP contribution in [0.5, 0.6) is 0 Å². The van der Waals surface area contributed by atoms with E-state index in [-0.39, 0.29) is 29.9 Å². The molecule has 1 aromatic rings. The highest BCUT2D eigenvalue weighted by molar-refractivity contribution is 14.0. The van der Waals surface area contributed by atoms with Crippen molar-refractivity contribution < 1.29 is 9.53 Å². The number of thiophene rings is 1. The number of ether oxygens (including phenoxy) is 1. The molecular weight excluding hydrogens is 425 g/mol. The molecule has 132 valence electrons. The fraction of sp³-hybridized carbons (Fsp3) is 0.625. The van der Waals surface area contributed by atoms with Gasteiger partial charge in [0.15, 0.2) is 5.96 Å². The molecule has 0 saturated carbocycles. The van der Waals surface area contributed by atoms with Crippen LogP contribution in [0.2, 0.25) is 0 Å². The molecule has 1 heterocycles. The molecule has 2 N–H and O–H groups in total. The Morgan fingerprint density at radius 1 is 1.39 bits per heavy atom. The molecule has 0 fully saturated rings. The Bertz CT molecular complexity index is 452. The molecule has 0 aromatic carbocycles. The van der Waals surface area contributed by atoms with Crippen molar-refractivity contribution in [2.24, 2.45) is 4.99 Å². The second kappa shape index (κ2) is 13.6. The van der Waals surface area contributed by atoms with Gasteiger partial charge in [-0.15, -0.1) is 24.0 Å². The molecule has 7 heteroatoms. The average molecular weight is 453 g/mol. The molecule has 5 nitrogen and oxygen atoms in total. The first kappa shape index (κ1) is 22.2. The summed E-state index contributed by atoms with van der Waals surface area (Å²) in [6, 6.07) is 2.14. The number of hydrogen-bond donors (Lipinski definition) is 2. The summed E-state index contributed by atoms with van der Waals surface area (Å²) in [6.45, 7) is 8.74. The SMILES string of the molecule is CCNC(=NCC(C)c1ccsc1)NCCCC(=O)OCC.I. The molecule has 0 aliphatic heterocycles. The lowest BCUT2D eigenvalue weighted by Gasteiger charge is -2.13. The summed E-state index contributed by atoms with van der Waals surface area (Å²) in [4.78, 5) is 15.9. The second-order valence-corrected chi connectivity index (χ2v) is 5.79. The summed E-state index contributed by atoms with van der Waals surface area (Å²) in [5, 5.41) is 10.7. The van der Waals surface area contributed by atoms with Crippen LogP contribution in [0.1, 0.15) is 45.1 Å². The van der Waals surface area contributed by atoms with Crippen molar-refractivity contribution in [2.75, 3.05) is 26.2 Å². The zero-order valence-electron chi connectivity index (χ0n) is 14.1. The van der Waals surface area contributed by atoms with E-state index in [1.165, 1.54) is 5.56 Å². The first-order valence-electron chi connectivity index (χ1n) is 7.87. The van der Waals surface area contributed by atoms with Gasteiger partial charge in [0.1, 0.15) is 0 Å². The number of hydrogen-bond acceptors (Lipinski definition) is 4. The highest BCUT2D eigenvalue weighted by Crippen LogP contribution is 2.18. The molecule has 23 heavy (non-hydrogen) atoms. The number of aliphatic imine (C=N–C) groups is 1. The van der Waals surface area contributed by atoms with Crippen LogP contribution in [-0.4, -0.2) is 38.2 Å². The van der Waals surface area contributed by atoms with E-state index in [1.54, 1.807) is 11.3 Å². The summed E-state index contributed by atoms with van der Waals surface area (Å²) < 4.78 is 4.91. The van der Waals surface area contributed by atoms with E-state index in [0.29, 0.717) is 25.5 Å². The van der Waals surface area contributed by atoms with Gasteiger partial charge in [0.2, 0.25) is 0 Å². The number of nitrogens with zero attached hydrogens (tertiary/aromatic N) is 1. The molecule has 0 spiro atoms. The second-order valence-electron chi connectivity index (χ2n) is 5.01. The third-order valence-corrected chi connectivity index (χ3v) is 3.84. The van der Waals surface area contributed by atoms with Gasteiger partial charge in [0.05, 0.1) is 6.61 Å². The minimum atomic E-state index is -0.141. The fourth-order valence-electron chi connectivity index (χ4n) is 1.90. The maximum atomic E-state index is 11.3. The van der Waals surface area contributed by atoms with Crippen LogP contribution in [0.3, 0.4) is 0 Å². The first-order chi connectivity index (χ1) is 10.7. The van der Waals surface area contributed by atoms with Crippen LogP contribution >= 0.6 is 35.3 Å². The summed E-state index contributed by atoms with van der Waals surface area (Å²) in [5.41, 5.74) is 1.33. The van der Waals surface area contributed by atoms with Gasteiger partial charge < -0.3 is 15.4 Å². The summed E-state index contributed by atoms with van der Waals surface area (Å²) in [6.07, 6.45) is 1.18. The molecule has 0 aliphatic carbocycles. The number of guanidine groups is 1. The van der Waals surface area contributed by atoms with Crippen LogP contribution in [0.15, 0.2) is 21.8 Å². The minimum Gasteiger partial charge on any atom is -0.466 e. The molecule has 0 saturated heterocycles. The maximum absolute atomic E-state index is 11.3. The minimum absolute atomic E-state index is 0. The van der Waals surface area contributed by atoms with Crippen molar-refractivity contribution in [3.05, 3.63) is 22.4 Å². The van der Waals surface area contributed by atoms with Gasteiger partial charge in [0.25, 0.3) is 0 Å². The highest BCUT2D eigenvalue weighted by Gasteiger charge is 2.06. The highest BCUT2D eigenvalue weighted by atomic mass is 127. The number of esters is 1. The predicted molar refractivity (Wildman–Crippen MR) is 108 cm³/mol. The lowest BCUT2D eigenvalue weighted by Crippen LogP contribution is -2.38. The van der Waals surface area contributed by atoms with E-state index in [9.17, 15) is 4.79 Å². The number of halogens is 1. The smallest absolute Gasteiger partial charge is 0.305 e. The van der Waals surface area contributed by atoms with Crippen LogP contribution in [-0.2, 0) is 9.53 Å². The monoisotopic (exact) mass is 453 g/mol. The van der Waals surface area contributed by atoms with Crippen molar-refractivity contribution >= 4 is 47.2 Å². The van der Waals surface area contributed by atoms with E-state index in [2.05, 4.69) is 39.4 Å². The zero-order chi connectivity index (χ0) is 16.2. The van der Waals surface area contributed by atoms with Crippen LogP contribution in [0, 0.1) is 0 Å². The Labute approximate surface area is 160 Å². The number of nitrogens with one attached hydrogen (secondary N) is 2. The first-order valence-corrected chi connectivity index (χ1v) is 8.81. The standard InChI is InChI=1S/C16H27N3O2S.HI/c1-4-17-16(18-9-6-7-15(20)21-5-2)19-11-13(3)14-8-10-22-12-14;/h8,10,12-13H,4-7,9,11H2,1-3H3,(H2,17,18,19);1H. The van der Waals surface area contributed by atoms with Crippen molar-refractivity contribution in [2.45, 2.75) is 39.5 Å². The van der Waals surface area contributed by atoms with Gasteiger partial charge in [-0.3, -0.25) is 9.79 Å². The molecule has 0 bridgehead atoms. The molecule has 0 amide bonds. The van der Waals surface area contributed by atoms with Crippen LogP contribution < -0.4 is 10.6 Å². The quantitative estimate of drug-likeness (QED) is 0.198. The van der Waals surface area contributed by atoms with E-state index >= 15 is 0 Å². The van der Waals surface area contributed by atoms with Crippen molar-refractivity contribution in [3.63, 3.8) is 0 Å². The molecule has 0 aliphatic rings. The Kier molecular flexibility index (Phi) is 13.1. The van der Waals surface area contributed by atoms with Gasteiger partial charge in [-0.05, 0) is 42.7 Å². The zero-order valence-corrected chi connectivity index (χ0v) is 17.3. The van der Waals surface area contributed by atoms with Crippen LogP contribution in [0.25, 0.3) is 0 Å². The largest absolute Gasteiger partial charge is 0.466 e. The summed E-state index contributed by atoms with van der Waals surface area (Å²) in [5.74, 6) is 1.06. The van der Waals surface area contributed by atoms with E-state index < -0.39 is 0 Å². The topological polar surface area (TPSA) is 62.7 Å². The van der Waals surface area contributed by atoms with Crippen LogP contribution in [0.4, 0.5) is 0 Å². The Morgan fingerprint density at radius 3 is 2.78 bits per heavy atom. The molecule has 0 radical (unpaired) electrons.